The van der Waals surface area contributed by atoms with E-state index in [9.17, 15) is 10.2 Å². The summed E-state index contributed by atoms with van der Waals surface area (Å²) >= 11 is 0. The number of nitrogens with two attached hydrogens (primary N) is 1. The fourth-order valence-corrected chi connectivity index (χ4v) is 1.51. The van der Waals surface area contributed by atoms with Crippen LogP contribution in [0.25, 0.3) is 0 Å². The van der Waals surface area contributed by atoms with Gasteiger partial charge in [-0.15, -0.1) is 0 Å². The number of ether oxygens (including phenoxy) is 1. The second kappa shape index (κ2) is 5.93. The van der Waals surface area contributed by atoms with Crippen LogP contribution in [-0.2, 0) is 0 Å². The first-order valence-electron chi connectivity index (χ1n) is 5.95. The minimum absolute atomic E-state index is 0.0571. The molecule has 5 N–H and O–H groups in total. The van der Waals surface area contributed by atoms with Crippen molar-refractivity contribution in [1.82, 2.24) is 0 Å². The molecule has 5 heteroatoms. The Labute approximate surface area is 108 Å². The first kappa shape index (κ1) is 14.6. The number of rotatable bonds is 6. The molecule has 0 bridgehead atoms. The second-order valence-electron chi connectivity index (χ2n) is 4.96. The zero-order valence-electron chi connectivity index (χ0n) is 11.1. The van der Waals surface area contributed by atoms with Gasteiger partial charge >= 0.3 is 0 Å². The number of hydrogen-bond acceptors (Lipinski definition) is 5. The van der Waals surface area contributed by atoms with Gasteiger partial charge in [0.1, 0.15) is 5.75 Å². The van der Waals surface area contributed by atoms with E-state index >= 15 is 0 Å². The van der Waals surface area contributed by atoms with Gasteiger partial charge in [-0.3, -0.25) is 0 Å². The normalized spacial score (nSPS) is 11.7. The van der Waals surface area contributed by atoms with E-state index in [1.807, 2.05) is 13.8 Å². The van der Waals surface area contributed by atoms with E-state index in [0.29, 0.717) is 17.1 Å². The number of anilines is 2. The molecule has 0 saturated carbocycles. The molecule has 1 aromatic rings. The van der Waals surface area contributed by atoms with Crippen LogP contribution < -0.4 is 15.8 Å². The molecule has 0 heterocycles. The van der Waals surface area contributed by atoms with Crippen LogP contribution in [0.2, 0.25) is 0 Å². The molecule has 5 nitrogen and oxygen atoms in total. The second-order valence-corrected chi connectivity index (χ2v) is 4.96. The van der Waals surface area contributed by atoms with E-state index in [-0.39, 0.29) is 19.3 Å². The van der Waals surface area contributed by atoms with Gasteiger partial charge in [0.25, 0.3) is 0 Å². The number of nitrogen functional groups attached to an aromatic ring is 1. The summed E-state index contributed by atoms with van der Waals surface area (Å²) < 4.78 is 5.57. The van der Waals surface area contributed by atoms with E-state index in [2.05, 4.69) is 5.32 Å². The largest absolute Gasteiger partial charge is 0.491 e. The van der Waals surface area contributed by atoms with E-state index in [1.54, 1.807) is 25.1 Å². The summed E-state index contributed by atoms with van der Waals surface area (Å²) in [7, 11) is 0. The zero-order chi connectivity index (χ0) is 13.8. The van der Waals surface area contributed by atoms with E-state index < -0.39 is 5.54 Å². The van der Waals surface area contributed by atoms with Crippen molar-refractivity contribution in [3.05, 3.63) is 18.2 Å². The van der Waals surface area contributed by atoms with Crippen LogP contribution in [0.15, 0.2) is 18.2 Å². The molecule has 0 atom stereocenters. The van der Waals surface area contributed by atoms with Gasteiger partial charge in [0.15, 0.2) is 0 Å². The Kier molecular flexibility index (Phi) is 4.81. The first-order chi connectivity index (χ1) is 8.38. The van der Waals surface area contributed by atoms with Gasteiger partial charge < -0.3 is 26.0 Å². The fourth-order valence-electron chi connectivity index (χ4n) is 1.51. The number of nitrogens with one attached hydrogen (secondary N) is 1. The van der Waals surface area contributed by atoms with Crippen molar-refractivity contribution in [1.29, 1.82) is 0 Å². The molecule has 1 rings (SSSR count). The van der Waals surface area contributed by atoms with Crippen molar-refractivity contribution in [2.75, 3.05) is 24.3 Å². The van der Waals surface area contributed by atoms with E-state index in [0.717, 1.165) is 0 Å². The van der Waals surface area contributed by atoms with Crippen molar-refractivity contribution < 1.29 is 14.9 Å². The number of hydrogen-bond donors (Lipinski definition) is 4. The summed E-state index contributed by atoms with van der Waals surface area (Å²) in [6, 6.07) is 5.26. The maximum atomic E-state index is 9.25. The summed E-state index contributed by atoms with van der Waals surface area (Å²) in [6.45, 7) is 5.22. The quantitative estimate of drug-likeness (QED) is 0.573. The maximum Gasteiger partial charge on any atom is 0.123 e. The smallest absolute Gasteiger partial charge is 0.123 e. The number of aliphatic hydroxyl groups is 2. The lowest BCUT2D eigenvalue weighted by molar-refractivity contribution is 0.147. The molecule has 0 unspecified atom stereocenters. The summed E-state index contributed by atoms with van der Waals surface area (Å²) in [5.74, 6) is 0.658. The Bertz CT molecular complexity index is 390. The Hall–Kier alpha value is -1.46. The maximum absolute atomic E-state index is 9.25. The average molecular weight is 254 g/mol. The third-order valence-corrected chi connectivity index (χ3v) is 2.44. The molecule has 0 amide bonds. The van der Waals surface area contributed by atoms with E-state index in [1.165, 1.54) is 0 Å². The molecule has 0 radical (unpaired) electrons. The first-order valence-corrected chi connectivity index (χ1v) is 5.95. The Morgan fingerprint density at radius 1 is 1.28 bits per heavy atom. The highest BCUT2D eigenvalue weighted by Crippen LogP contribution is 2.25. The molecular formula is C13H22N2O3. The highest BCUT2D eigenvalue weighted by Gasteiger charge is 2.22. The molecule has 0 aliphatic heterocycles. The predicted molar refractivity (Wildman–Crippen MR) is 72.8 cm³/mol. The van der Waals surface area contributed by atoms with Gasteiger partial charge in [-0.2, -0.15) is 0 Å². The molecule has 0 aromatic heterocycles. The van der Waals surface area contributed by atoms with Crippen LogP contribution in [0.4, 0.5) is 11.4 Å². The molecule has 0 saturated heterocycles. The van der Waals surface area contributed by atoms with Crippen molar-refractivity contribution in [3.8, 4) is 5.75 Å². The molecule has 0 aliphatic rings. The Balaban J connectivity index is 2.92. The summed E-state index contributed by atoms with van der Waals surface area (Å²) in [5.41, 5.74) is 6.27. The molecule has 0 aliphatic carbocycles. The highest BCUT2D eigenvalue weighted by molar-refractivity contribution is 5.60. The lowest BCUT2D eigenvalue weighted by atomic mass is 10.0. The topological polar surface area (TPSA) is 87.7 Å². The van der Waals surface area contributed by atoms with Crippen LogP contribution in [0, 0.1) is 0 Å². The zero-order valence-corrected chi connectivity index (χ0v) is 11.1. The SMILES string of the molecule is CC(C)Oc1cc(N)cc(NC(C)(CO)CO)c1. The van der Waals surface area contributed by atoms with Crippen molar-refractivity contribution >= 4 is 11.4 Å². The fraction of sp³-hybridized carbons (Fsp3) is 0.538. The van der Waals surface area contributed by atoms with Gasteiger partial charge in [-0.1, -0.05) is 0 Å². The summed E-state index contributed by atoms with van der Waals surface area (Å²) in [4.78, 5) is 0. The molecule has 0 spiro atoms. The van der Waals surface area contributed by atoms with Crippen LogP contribution in [0.1, 0.15) is 20.8 Å². The van der Waals surface area contributed by atoms with Gasteiger partial charge in [0.05, 0.1) is 24.9 Å². The monoisotopic (exact) mass is 254 g/mol. The lowest BCUT2D eigenvalue weighted by Gasteiger charge is -2.28. The minimum atomic E-state index is -0.789. The minimum Gasteiger partial charge on any atom is -0.491 e. The van der Waals surface area contributed by atoms with Gasteiger partial charge in [-0.05, 0) is 26.8 Å². The van der Waals surface area contributed by atoms with Gasteiger partial charge in [0.2, 0.25) is 0 Å². The van der Waals surface area contributed by atoms with Crippen LogP contribution in [0.3, 0.4) is 0 Å². The van der Waals surface area contributed by atoms with Gasteiger partial charge in [0, 0.05) is 23.5 Å². The van der Waals surface area contributed by atoms with Crippen LogP contribution in [0.5, 0.6) is 5.75 Å². The van der Waals surface area contributed by atoms with Crippen molar-refractivity contribution in [3.63, 3.8) is 0 Å². The number of benzene rings is 1. The van der Waals surface area contributed by atoms with Crippen LogP contribution in [-0.4, -0.2) is 35.1 Å². The molecule has 18 heavy (non-hydrogen) atoms. The summed E-state index contributed by atoms with van der Waals surface area (Å²) in [6.07, 6.45) is 0.0571. The number of aliphatic hydroxyl groups excluding tert-OH is 2. The third-order valence-electron chi connectivity index (χ3n) is 2.44. The Morgan fingerprint density at radius 3 is 2.39 bits per heavy atom. The van der Waals surface area contributed by atoms with Gasteiger partial charge in [-0.25, -0.2) is 0 Å². The molecule has 102 valence electrons. The molecular weight excluding hydrogens is 232 g/mol. The highest BCUT2D eigenvalue weighted by atomic mass is 16.5. The third kappa shape index (κ3) is 4.09. The summed E-state index contributed by atoms with van der Waals surface area (Å²) in [5, 5.41) is 21.5. The van der Waals surface area contributed by atoms with E-state index in [4.69, 9.17) is 10.5 Å². The van der Waals surface area contributed by atoms with Crippen LogP contribution >= 0.6 is 0 Å². The predicted octanol–water partition coefficient (Wildman–Crippen LogP) is 1.21. The Morgan fingerprint density at radius 2 is 1.89 bits per heavy atom. The lowest BCUT2D eigenvalue weighted by Crippen LogP contribution is -2.42. The average Bonchev–Trinajstić information content (AvgIpc) is 2.27. The standard InChI is InChI=1S/C13H22N2O3/c1-9(2)18-12-5-10(14)4-11(6-12)15-13(3,7-16)8-17/h4-6,9,15-17H,7-8,14H2,1-3H3. The van der Waals surface area contributed by atoms with Crippen molar-refractivity contribution in [2.24, 2.45) is 0 Å². The molecule has 1 aromatic carbocycles. The molecule has 0 fully saturated rings. The van der Waals surface area contributed by atoms with Crippen molar-refractivity contribution in [2.45, 2.75) is 32.4 Å².